The third-order valence-corrected chi connectivity index (χ3v) is 2.17. The molecule has 0 radical (unpaired) electrons. The number of nitrogens with zero attached hydrogens (tertiary/aromatic N) is 2. The van der Waals surface area contributed by atoms with Crippen LogP contribution in [-0.4, -0.2) is 35.6 Å². The topological polar surface area (TPSA) is 36.4 Å². The average Bonchev–Trinajstić information content (AvgIpc) is 2.15. The molecule has 0 amide bonds. The number of rotatable bonds is 4. The molecule has 1 heterocycles. The Balaban J connectivity index is 2.52. The highest BCUT2D eigenvalue weighted by Crippen LogP contribution is 2.15. The van der Waals surface area contributed by atoms with E-state index in [2.05, 4.69) is 9.88 Å². The Morgan fingerprint density at radius 3 is 2.64 bits per heavy atom. The predicted octanol–water partition coefficient (Wildman–Crippen LogP) is 1.38. The zero-order valence-corrected chi connectivity index (χ0v) is 9.07. The maximum Gasteiger partial charge on any atom is 0.0817 e. The number of hydrogen-bond acceptors (Lipinski definition) is 3. The van der Waals surface area contributed by atoms with E-state index >= 15 is 0 Å². The summed E-state index contributed by atoms with van der Waals surface area (Å²) in [6.07, 6.45) is 2.10. The molecule has 0 aromatic carbocycles. The molecule has 0 spiro atoms. The maximum atomic E-state index is 9.79. The highest BCUT2D eigenvalue weighted by molar-refractivity contribution is 5.15. The summed E-state index contributed by atoms with van der Waals surface area (Å²) in [6, 6.07) is 3.86. The molecule has 1 N–H and O–H groups in total. The molecule has 0 saturated carbocycles. The van der Waals surface area contributed by atoms with Crippen LogP contribution >= 0.6 is 0 Å². The van der Waals surface area contributed by atoms with E-state index in [1.807, 2.05) is 33.2 Å². The van der Waals surface area contributed by atoms with Crippen molar-refractivity contribution in [2.24, 2.45) is 0 Å². The highest BCUT2D eigenvalue weighted by Gasteiger charge is 2.07. The lowest BCUT2D eigenvalue weighted by Crippen LogP contribution is -2.15. The standard InChI is InChI=1S/C11H18N2O/c1-9-4-5-10(8-12-9)11(14)6-7-13(2)3/h4-5,8,11,14H,6-7H2,1-3H3. The summed E-state index contributed by atoms with van der Waals surface area (Å²) in [5.41, 5.74) is 1.88. The van der Waals surface area contributed by atoms with Crippen LogP contribution in [0.2, 0.25) is 0 Å². The van der Waals surface area contributed by atoms with Crippen LogP contribution in [0.1, 0.15) is 23.8 Å². The molecule has 3 nitrogen and oxygen atoms in total. The molecule has 0 aliphatic carbocycles. The van der Waals surface area contributed by atoms with Crippen LogP contribution in [-0.2, 0) is 0 Å². The second-order valence-corrected chi connectivity index (χ2v) is 3.84. The summed E-state index contributed by atoms with van der Waals surface area (Å²) in [5, 5.41) is 9.79. The van der Waals surface area contributed by atoms with E-state index in [4.69, 9.17) is 0 Å². The van der Waals surface area contributed by atoms with E-state index in [1.165, 1.54) is 0 Å². The molecule has 0 fully saturated rings. The van der Waals surface area contributed by atoms with E-state index in [-0.39, 0.29) is 0 Å². The summed E-state index contributed by atoms with van der Waals surface area (Å²) in [5.74, 6) is 0. The first-order valence-corrected chi connectivity index (χ1v) is 4.85. The van der Waals surface area contributed by atoms with Crippen molar-refractivity contribution < 1.29 is 5.11 Å². The third kappa shape index (κ3) is 3.44. The van der Waals surface area contributed by atoms with Gasteiger partial charge < -0.3 is 10.0 Å². The van der Waals surface area contributed by atoms with Gasteiger partial charge in [0, 0.05) is 18.4 Å². The molecule has 1 aromatic heterocycles. The zero-order valence-electron chi connectivity index (χ0n) is 9.07. The van der Waals surface area contributed by atoms with Gasteiger partial charge in [0.2, 0.25) is 0 Å². The maximum absolute atomic E-state index is 9.79. The molecule has 1 atom stereocenters. The lowest BCUT2D eigenvalue weighted by Gasteiger charge is -2.14. The van der Waals surface area contributed by atoms with Gasteiger partial charge in [0.1, 0.15) is 0 Å². The Morgan fingerprint density at radius 1 is 1.43 bits per heavy atom. The minimum Gasteiger partial charge on any atom is -0.388 e. The van der Waals surface area contributed by atoms with Gasteiger partial charge in [-0.1, -0.05) is 6.07 Å². The van der Waals surface area contributed by atoms with Gasteiger partial charge in [-0.2, -0.15) is 0 Å². The lowest BCUT2D eigenvalue weighted by molar-refractivity contribution is 0.154. The van der Waals surface area contributed by atoms with Crippen molar-refractivity contribution in [3.05, 3.63) is 29.6 Å². The summed E-state index contributed by atoms with van der Waals surface area (Å²) < 4.78 is 0. The van der Waals surface area contributed by atoms with E-state index in [1.54, 1.807) is 6.20 Å². The number of aryl methyl sites for hydroxylation is 1. The molecule has 0 bridgehead atoms. The van der Waals surface area contributed by atoms with Crippen LogP contribution in [0.25, 0.3) is 0 Å². The van der Waals surface area contributed by atoms with Crippen molar-refractivity contribution in [3.8, 4) is 0 Å². The first-order chi connectivity index (χ1) is 6.59. The quantitative estimate of drug-likeness (QED) is 0.786. The lowest BCUT2D eigenvalue weighted by atomic mass is 10.1. The molecule has 0 aliphatic rings. The van der Waals surface area contributed by atoms with Crippen LogP contribution < -0.4 is 0 Å². The molecule has 14 heavy (non-hydrogen) atoms. The van der Waals surface area contributed by atoms with Crippen molar-refractivity contribution in [2.75, 3.05) is 20.6 Å². The van der Waals surface area contributed by atoms with Gasteiger partial charge in [0.25, 0.3) is 0 Å². The van der Waals surface area contributed by atoms with Crippen molar-refractivity contribution in [3.63, 3.8) is 0 Å². The minimum absolute atomic E-state index is 0.398. The second-order valence-electron chi connectivity index (χ2n) is 3.84. The Labute approximate surface area is 85.4 Å². The number of aliphatic hydroxyl groups is 1. The van der Waals surface area contributed by atoms with Gasteiger partial charge in [0.05, 0.1) is 6.10 Å². The van der Waals surface area contributed by atoms with Crippen LogP contribution in [0.5, 0.6) is 0 Å². The Kier molecular flexibility index (Phi) is 4.04. The van der Waals surface area contributed by atoms with Crippen LogP contribution in [0.3, 0.4) is 0 Å². The highest BCUT2D eigenvalue weighted by atomic mass is 16.3. The van der Waals surface area contributed by atoms with Crippen molar-refractivity contribution in [1.29, 1.82) is 0 Å². The van der Waals surface area contributed by atoms with Crippen molar-refractivity contribution in [2.45, 2.75) is 19.4 Å². The fourth-order valence-electron chi connectivity index (χ4n) is 1.22. The van der Waals surface area contributed by atoms with Gasteiger partial charge in [-0.25, -0.2) is 0 Å². The summed E-state index contributed by atoms with van der Waals surface area (Å²) in [6.45, 7) is 2.82. The van der Waals surface area contributed by atoms with Crippen molar-refractivity contribution >= 4 is 0 Å². The molecule has 0 saturated heterocycles. The van der Waals surface area contributed by atoms with Crippen LogP contribution in [0, 0.1) is 6.92 Å². The average molecular weight is 194 g/mol. The fourth-order valence-corrected chi connectivity index (χ4v) is 1.22. The SMILES string of the molecule is Cc1ccc(C(O)CCN(C)C)cn1. The molecule has 1 aromatic rings. The summed E-state index contributed by atoms with van der Waals surface area (Å²) in [4.78, 5) is 6.21. The number of aliphatic hydroxyl groups excluding tert-OH is 1. The van der Waals surface area contributed by atoms with Gasteiger partial charge in [-0.05, 0) is 39.1 Å². The van der Waals surface area contributed by atoms with Gasteiger partial charge >= 0.3 is 0 Å². The fraction of sp³-hybridized carbons (Fsp3) is 0.545. The largest absolute Gasteiger partial charge is 0.388 e. The van der Waals surface area contributed by atoms with Crippen LogP contribution in [0.15, 0.2) is 18.3 Å². The van der Waals surface area contributed by atoms with E-state index in [0.717, 1.165) is 24.2 Å². The number of aromatic nitrogens is 1. The van der Waals surface area contributed by atoms with Gasteiger partial charge in [-0.15, -0.1) is 0 Å². The second kappa shape index (κ2) is 5.08. The first kappa shape index (κ1) is 11.1. The zero-order chi connectivity index (χ0) is 10.6. The molecule has 78 valence electrons. The molecule has 3 heteroatoms. The molecular formula is C11H18N2O. The van der Waals surface area contributed by atoms with E-state index in [9.17, 15) is 5.11 Å². The Morgan fingerprint density at radius 2 is 2.14 bits per heavy atom. The predicted molar refractivity (Wildman–Crippen MR) is 57.1 cm³/mol. The van der Waals surface area contributed by atoms with Gasteiger partial charge in [0.15, 0.2) is 0 Å². The number of pyridine rings is 1. The third-order valence-electron chi connectivity index (χ3n) is 2.17. The summed E-state index contributed by atoms with van der Waals surface area (Å²) >= 11 is 0. The Bertz CT molecular complexity index is 269. The number of hydrogen-bond donors (Lipinski definition) is 1. The smallest absolute Gasteiger partial charge is 0.0817 e. The van der Waals surface area contributed by atoms with E-state index < -0.39 is 6.10 Å². The Hall–Kier alpha value is -0.930. The minimum atomic E-state index is -0.398. The van der Waals surface area contributed by atoms with Crippen LogP contribution in [0.4, 0.5) is 0 Å². The van der Waals surface area contributed by atoms with Crippen molar-refractivity contribution in [1.82, 2.24) is 9.88 Å². The molecule has 1 rings (SSSR count). The molecule has 0 aliphatic heterocycles. The normalized spacial score (nSPS) is 13.2. The first-order valence-electron chi connectivity index (χ1n) is 4.85. The van der Waals surface area contributed by atoms with Gasteiger partial charge in [-0.3, -0.25) is 4.98 Å². The molecule has 1 unspecified atom stereocenters. The monoisotopic (exact) mass is 194 g/mol. The summed E-state index contributed by atoms with van der Waals surface area (Å²) in [7, 11) is 4.00. The van der Waals surface area contributed by atoms with E-state index in [0.29, 0.717) is 0 Å². The molecular weight excluding hydrogens is 176 g/mol.